The van der Waals surface area contributed by atoms with Gasteiger partial charge in [-0.1, -0.05) is 12.1 Å². The monoisotopic (exact) mass is 288 g/mol. The molecule has 0 radical (unpaired) electrons. The maximum Gasteiger partial charge on any atom is 0.283 e. The number of aromatic nitrogens is 3. The average molecular weight is 288 g/mol. The molecule has 0 atom stereocenters. The number of hydrogen-bond acceptors (Lipinski definition) is 6. The molecule has 0 saturated carbocycles. The number of hydrogen-bond donors (Lipinski definition) is 2. The number of para-hydroxylation sites is 1. The second-order valence-corrected chi connectivity index (χ2v) is 4.95. The molecule has 21 heavy (non-hydrogen) atoms. The Morgan fingerprint density at radius 1 is 1.33 bits per heavy atom. The molecule has 8 heteroatoms. The lowest BCUT2D eigenvalue weighted by atomic mass is 10.1. The predicted octanol–water partition coefficient (Wildman–Crippen LogP) is 1.10. The SMILES string of the molecule is Cc1cccc(-c2nc(N3CCNCC3)n[nH]2)c1[N+](=O)[O-]. The molecule has 0 spiro atoms. The summed E-state index contributed by atoms with van der Waals surface area (Å²) in [6, 6.07) is 5.19. The fraction of sp³-hybridized carbons (Fsp3) is 0.385. The maximum atomic E-state index is 11.2. The van der Waals surface area contributed by atoms with Crippen molar-refractivity contribution in [1.29, 1.82) is 0 Å². The largest absolute Gasteiger partial charge is 0.337 e. The Bertz CT molecular complexity index is 662. The van der Waals surface area contributed by atoms with Crippen LogP contribution < -0.4 is 10.2 Å². The third-order valence-corrected chi connectivity index (χ3v) is 3.55. The second kappa shape index (κ2) is 5.49. The zero-order valence-electron chi connectivity index (χ0n) is 11.7. The third-order valence-electron chi connectivity index (χ3n) is 3.55. The maximum absolute atomic E-state index is 11.2. The molecule has 0 aliphatic carbocycles. The van der Waals surface area contributed by atoms with Crippen LogP contribution >= 0.6 is 0 Å². The zero-order valence-corrected chi connectivity index (χ0v) is 11.7. The van der Waals surface area contributed by atoms with Crippen molar-refractivity contribution in [2.24, 2.45) is 0 Å². The molecular weight excluding hydrogens is 272 g/mol. The van der Waals surface area contributed by atoms with Crippen LogP contribution in [0, 0.1) is 17.0 Å². The van der Waals surface area contributed by atoms with E-state index in [4.69, 9.17) is 0 Å². The van der Waals surface area contributed by atoms with E-state index in [1.54, 1.807) is 25.1 Å². The molecule has 1 fully saturated rings. The van der Waals surface area contributed by atoms with Crippen molar-refractivity contribution in [3.8, 4) is 11.4 Å². The van der Waals surface area contributed by atoms with Gasteiger partial charge in [-0.05, 0) is 13.0 Å². The minimum absolute atomic E-state index is 0.0699. The van der Waals surface area contributed by atoms with E-state index in [0.29, 0.717) is 22.9 Å². The summed E-state index contributed by atoms with van der Waals surface area (Å²) >= 11 is 0. The van der Waals surface area contributed by atoms with Gasteiger partial charge >= 0.3 is 0 Å². The number of benzene rings is 1. The van der Waals surface area contributed by atoms with Crippen LogP contribution in [0.4, 0.5) is 11.6 Å². The lowest BCUT2D eigenvalue weighted by Gasteiger charge is -2.25. The van der Waals surface area contributed by atoms with Gasteiger partial charge in [-0.2, -0.15) is 4.98 Å². The van der Waals surface area contributed by atoms with Gasteiger partial charge in [0.2, 0.25) is 5.95 Å². The Kier molecular flexibility index (Phi) is 3.53. The lowest BCUT2D eigenvalue weighted by Crippen LogP contribution is -2.44. The van der Waals surface area contributed by atoms with E-state index in [2.05, 4.69) is 25.4 Å². The van der Waals surface area contributed by atoms with Crippen molar-refractivity contribution >= 4 is 11.6 Å². The average Bonchev–Trinajstić information content (AvgIpc) is 2.97. The summed E-state index contributed by atoms with van der Waals surface area (Å²) in [5.41, 5.74) is 1.15. The van der Waals surface area contributed by atoms with Gasteiger partial charge in [0.25, 0.3) is 5.69 Å². The Balaban J connectivity index is 1.96. The van der Waals surface area contributed by atoms with Gasteiger partial charge in [0.05, 0.1) is 10.5 Å². The Morgan fingerprint density at radius 3 is 2.81 bits per heavy atom. The van der Waals surface area contributed by atoms with Crippen molar-refractivity contribution in [3.05, 3.63) is 33.9 Å². The van der Waals surface area contributed by atoms with Crippen LogP contribution in [-0.4, -0.2) is 46.3 Å². The summed E-state index contributed by atoms with van der Waals surface area (Å²) in [5.74, 6) is 1.02. The molecule has 0 amide bonds. The van der Waals surface area contributed by atoms with E-state index in [9.17, 15) is 10.1 Å². The molecule has 8 nitrogen and oxygen atoms in total. The summed E-state index contributed by atoms with van der Waals surface area (Å²) in [5, 5.41) is 21.5. The number of aromatic amines is 1. The lowest BCUT2D eigenvalue weighted by molar-refractivity contribution is -0.384. The van der Waals surface area contributed by atoms with Gasteiger partial charge in [0.1, 0.15) is 0 Å². The first-order chi connectivity index (χ1) is 10.2. The number of nitrogens with one attached hydrogen (secondary N) is 2. The van der Waals surface area contributed by atoms with Gasteiger partial charge in [-0.25, -0.2) is 0 Å². The molecule has 1 aliphatic heterocycles. The van der Waals surface area contributed by atoms with E-state index in [-0.39, 0.29) is 10.6 Å². The normalized spacial score (nSPS) is 15.2. The number of H-pyrrole nitrogens is 1. The smallest absolute Gasteiger partial charge is 0.283 e. The highest BCUT2D eigenvalue weighted by Gasteiger charge is 2.22. The topological polar surface area (TPSA) is 100.0 Å². The van der Waals surface area contributed by atoms with Gasteiger partial charge in [0.15, 0.2) is 5.82 Å². The second-order valence-electron chi connectivity index (χ2n) is 4.95. The number of piperazine rings is 1. The van der Waals surface area contributed by atoms with Gasteiger partial charge < -0.3 is 10.2 Å². The highest BCUT2D eigenvalue weighted by atomic mass is 16.6. The molecule has 2 heterocycles. The van der Waals surface area contributed by atoms with Crippen molar-refractivity contribution in [3.63, 3.8) is 0 Å². The highest BCUT2D eigenvalue weighted by molar-refractivity contribution is 5.71. The molecule has 110 valence electrons. The van der Waals surface area contributed by atoms with Crippen LogP contribution in [0.25, 0.3) is 11.4 Å². The van der Waals surface area contributed by atoms with Gasteiger partial charge in [-0.15, -0.1) is 5.10 Å². The number of nitrogens with zero attached hydrogens (tertiary/aromatic N) is 4. The predicted molar refractivity (Wildman–Crippen MR) is 78.3 cm³/mol. The first-order valence-electron chi connectivity index (χ1n) is 6.79. The van der Waals surface area contributed by atoms with Crippen molar-refractivity contribution in [2.75, 3.05) is 31.1 Å². The number of nitro benzene ring substituents is 1. The first kappa shape index (κ1) is 13.5. The van der Waals surface area contributed by atoms with E-state index >= 15 is 0 Å². The quantitative estimate of drug-likeness (QED) is 0.648. The van der Waals surface area contributed by atoms with Crippen LogP contribution in [0.2, 0.25) is 0 Å². The van der Waals surface area contributed by atoms with E-state index < -0.39 is 0 Å². The highest BCUT2D eigenvalue weighted by Crippen LogP contribution is 2.31. The summed E-state index contributed by atoms with van der Waals surface area (Å²) in [6.45, 7) is 5.14. The molecule has 1 aliphatic rings. The molecule has 1 aromatic carbocycles. The molecule has 1 saturated heterocycles. The summed E-state index contributed by atoms with van der Waals surface area (Å²) in [6.07, 6.45) is 0. The number of rotatable bonds is 3. The van der Waals surface area contributed by atoms with Crippen LogP contribution in [-0.2, 0) is 0 Å². The molecule has 3 rings (SSSR count). The first-order valence-corrected chi connectivity index (χ1v) is 6.79. The molecule has 0 unspecified atom stereocenters. The minimum atomic E-state index is -0.377. The fourth-order valence-electron chi connectivity index (χ4n) is 2.47. The van der Waals surface area contributed by atoms with Crippen LogP contribution in [0.1, 0.15) is 5.56 Å². The summed E-state index contributed by atoms with van der Waals surface area (Å²) < 4.78 is 0. The van der Waals surface area contributed by atoms with E-state index in [0.717, 1.165) is 26.2 Å². The molecule has 2 aromatic rings. The number of nitro groups is 1. The van der Waals surface area contributed by atoms with Crippen molar-refractivity contribution < 1.29 is 4.92 Å². The van der Waals surface area contributed by atoms with Crippen molar-refractivity contribution in [1.82, 2.24) is 20.5 Å². The summed E-state index contributed by atoms with van der Waals surface area (Å²) in [4.78, 5) is 17.3. The van der Waals surface area contributed by atoms with E-state index in [1.165, 1.54) is 0 Å². The zero-order chi connectivity index (χ0) is 14.8. The summed E-state index contributed by atoms with van der Waals surface area (Å²) in [7, 11) is 0. The Hall–Kier alpha value is -2.48. The Morgan fingerprint density at radius 2 is 2.10 bits per heavy atom. The number of aryl methyl sites for hydroxylation is 1. The Labute approximate surface area is 121 Å². The van der Waals surface area contributed by atoms with Crippen molar-refractivity contribution in [2.45, 2.75) is 6.92 Å². The fourth-order valence-corrected chi connectivity index (χ4v) is 2.47. The molecule has 0 bridgehead atoms. The third kappa shape index (κ3) is 2.57. The minimum Gasteiger partial charge on any atom is -0.337 e. The molecular formula is C13H16N6O2. The molecule has 1 aromatic heterocycles. The standard InChI is InChI=1S/C13H16N6O2/c1-9-3-2-4-10(11(9)19(20)21)12-15-13(17-16-12)18-7-5-14-6-8-18/h2-4,14H,5-8H2,1H3,(H,15,16,17). The van der Waals surface area contributed by atoms with E-state index in [1.807, 2.05) is 0 Å². The van der Waals surface area contributed by atoms with Crippen LogP contribution in [0.15, 0.2) is 18.2 Å². The molecule has 2 N–H and O–H groups in total. The van der Waals surface area contributed by atoms with Gasteiger partial charge in [-0.3, -0.25) is 15.2 Å². The number of anilines is 1. The van der Waals surface area contributed by atoms with Crippen LogP contribution in [0.3, 0.4) is 0 Å². The van der Waals surface area contributed by atoms with Gasteiger partial charge in [0, 0.05) is 31.7 Å². The van der Waals surface area contributed by atoms with Crippen LogP contribution in [0.5, 0.6) is 0 Å².